The summed E-state index contributed by atoms with van der Waals surface area (Å²) in [5, 5.41) is 3.48. The number of carbonyl (C=O) groups is 2. The van der Waals surface area contributed by atoms with Crippen LogP contribution in [0.25, 0.3) is 0 Å². The zero-order valence-corrected chi connectivity index (χ0v) is 15.0. The lowest BCUT2D eigenvalue weighted by Crippen LogP contribution is -2.58. The molecule has 130 valence electrons. The van der Waals surface area contributed by atoms with Crippen molar-refractivity contribution >= 4 is 34.9 Å². The highest BCUT2D eigenvalue weighted by molar-refractivity contribution is 6.30. The van der Waals surface area contributed by atoms with E-state index in [1.54, 1.807) is 28.9 Å². The predicted molar refractivity (Wildman–Crippen MR) is 100 cm³/mol. The molecule has 1 aliphatic rings. The molecule has 1 saturated heterocycles. The van der Waals surface area contributed by atoms with E-state index >= 15 is 0 Å². The maximum Gasteiger partial charge on any atom is 0.322 e. The molecule has 3 amide bonds. The number of carbonyl (C=O) groups excluding carboxylic acids is 2. The lowest BCUT2D eigenvalue weighted by molar-refractivity contribution is -0.123. The Morgan fingerprint density at radius 3 is 2.36 bits per heavy atom. The van der Waals surface area contributed by atoms with E-state index in [2.05, 4.69) is 5.32 Å². The van der Waals surface area contributed by atoms with Gasteiger partial charge in [-0.1, -0.05) is 29.3 Å². The van der Waals surface area contributed by atoms with Gasteiger partial charge in [-0.3, -0.25) is 4.79 Å². The Morgan fingerprint density at radius 2 is 1.72 bits per heavy atom. The maximum absolute atomic E-state index is 12.7. The van der Waals surface area contributed by atoms with Crippen LogP contribution in [0.3, 0.4) is 0 Å². The molecule has 0 aromatic heterocycles. The van der Waals surface area contributed by atoms with Crippen molar-refractivity contribution < 1.29 is 9.59 Å². The SMILES string of the molecule is Cc1ccc(NC(=O)N2CCN(c3ccc(Cl)cc3)C(=O)C2C)cc1. The Morgan fingerprint density at radius 1 is 1.08 bits per heavy atom. The number of hydrogen-bond donors (Lipinski definition) is 1. The average Bonchev–Trinajstić information content (AvgIpc) is 2.60. The molecule has 1 atom stereocenters. The van der Waals surface area contributed by atoms with Crippen LogP contribution in [0.15, 0.2) is 48.5 Å². The standard InChI is InChI=1S/C19H20ClN3O2/c1-13-3-7-16(8-4-13)21-19(25)22-11-12-23(18(24)14(22)2)17-9-5-15(20)6-10-17/h3-10,14H,11-12H2,1-2H3,(H,21,25). The highest BCUT2D eigenvalue weighted by atomic mass is 35.5. The van der Waals surface area contributed by atoms with Crippen LogP contribution in [0.5, 0.6) is 0 Å². The molecule has 1 N–H and O–H groups in total. The molecule has 6 heteroatoms. The Balaban J connectivity index is 1.69. The third kappa shape index (κ3) is 3.77. The summed E-state index contributed by atoms with van der Waals surface area (Å²) in [4.78, 5) is 28.5. The van der Waals surface area contributed by atoms with Crippen molar-refractivity contribution in [3.8, 4) is 0 Å². The molecule has 0 radical (unpaired) electrons. The monoisotopic (exact) mass is 357 g/mol. The van der Waals surface area contributed by atoms with Gasteiger partial charge in [0.2, 0.25) is 5.91 Å². The zero-order chi connectivity index (χ0) is 18.0. The van der Waals surface area contributed by atoms with Gasteiger partial charge in [0.15, 0.2) is 0 Å². The van der Waals surface area contributed by atoms with Gasteiger partial charge in [0.1, 0.15) is 6.04 Å². The second-order valence-electron chi connectivity index (χ2n) is 6.13. The van der Waals surface area contributed by atoms with Crippen molar-refractivity contribution in [1.82, 2.24) is 4.90 Å². The predicted octanol–water partition coefficient (Wildman–Crippen LogP) is 3.92. The quantitative estimate of drug-likeness (QED) is 0.885. The molecule has 1 fully saturated rings. The maximum atomic E-state index is 12.7. The molecule has 1 heterocycles. The fourth-order valence-electron chi connectivity index (χ4n) is 2.86. The Bertz CT molecular complexity index is 774. The number of halogens is 1. The molecular weight excluding hydrogens is 338 g/mol. The van der Waals surface area contributed by atoms with E-state index in [0.29, 0.717) is 18.1 Å². The molecular formula is C19H20ClN3O2. The van der Waals surface area contributed by atoms with Crippen LogP contribution in [0.4, 0.5) is 16.2 Å². The Kier molecular flexibility index (Phi) is 4.95. The number of benzene rings is 2. The lowest BCUT2D eigenvalue weighted by atomic mass is 10.1. The summed E-state index contributed by atoms with van der Waals surface area (Å²) in [6, 6.07) is 13.9. The highest BCUT2D eigenvalue weighted by Crippen LogP contribution is 2.23. The van der Waals surface area contributed by atoms with Crippen molar-refractivity contribution in [2.45, 2.75) is 19.9 Å². The summed E-state index contributed by atoms with van der Waals surface area (Å²) in [5.41, 5.74) is 2.63. The number of hydrogen-bond acceptors (Lipinski definition) is 2. The van der Waals surface area contributed by atoms with Crippen molar-refractivity contribution in [3.05, 3.63) is 59.1 Å². The summed E-state index contributed by atoms with van der Waals surface area (Å²) in [6.45, 7) is 4.65. The van der Waals surface area contributed by atoms with E-state index in [1.165, 1.54) is 0 Å². The Hall–Kier alpha value is -2.53. The fraction of sp³-hybridized carbons (Fsp3) is 0.263. The van der Waals surface area contributed by atoms with Gasteiger partial charge in [-0.25, -0.2) is 4.79 Å². The number of amides is 3. The van der Waals surface area contributed by atoms with Gasteiger partial charge in [-0.15, -0.1) is 0 Å². The zero-order valence-electron chi connectivity index (χ0n) is 14.2. The van der Waals surface area contributed by atoms with Crippen molar-refractivity contribution in [1.29, 1.82) is 0 Å². The summed E-state index contributed by atoms with van der Waals surface area (Å²) < 4.78 is 0. The third-order valence-corrected chi connectivity index (χ3v) is 4.61. The van der Waals surface area contributed by atoms with Gasteiger partial charge in [-0.05, 0) is 50.2 Å². The molecule has 25 heavy (non-hydrogen) atoms. The van der Waals surface area contributed by atoms with Crippen LogP contribution in [0, 0.1) is 6.92 Å². The Labute approximate surface area is 152 Å². The normalized spacial score (nSPS) is 17.6. The highest BCUT2D eigenvalue weighted by Gasteiger charge is 2.35. The van der Waals surface area contributed by atoms with E-state index in [0.717, 1.165) is 16.9 Å². The molecule has 0 aliphatic carbocycles. The number of aryl methyl sites for hydroxylation is 1. The van der Waals surface area contributed by atoms with Gasteiger partial charge in [0, 0.05) is 29.5 Å². The number of nitrogens with zero attached hydrogens (tertiary/aromatic N) is 2. The number of nitrogens with one attached hydrogen (secondary N) is 1. The third-order valence-electron chi connectivity index (χ3n) is 4.36. The van der Waals surface area contributed by atoms with Gasteiger partial charge >= 0.3 is 6.03 Å². The topological polar surface area (TPSA) is 52.7 Å². The molecule has 0 spiro atoms. The van der Waals surface area contributed by atoms with Gasteiger partial charge < -0.3 is 15.1 Å². The first kappa shape index (κ1) is 17.3. The van der Waals surface area contributed by atoms with E-state index < -0.39 is 6.04 Å². The second-order valence-corrected chi connectivity index (χ2v) is 6.57. The van der Waals surface area contributed by atoms with Gasteiger partial charge in [0.25, 0.3) is 0 Å². The second kappa shape index (κ2) is 7.15. The number of rotatable bonds is 2. The molecule has 0 saturated carbocycles. The van der Waals surface area contributed by atoms with Crippen molar-refractivity contribution in [2.24, 2.45) is 0 Å². The molecule has 3 rings (SSSR count). The first-order chi connectivity index (χ1) is 12.0. The van der Waals surface area contributed by atoms with Crippen LogP contribution in [-0.2, 0) is 4.79 Å². The summed E-state index contributed by atoms with van der Waals surface area (Å²) in [7, 11) is 0. The fourth-order valence-corrected chi connectivity index (χ4v) is 2.98. The molecule has 1 unspecified atom stereocenters. The largest absolute Gasteiger partial charge is 0.322 e. The molecule has 2 aromatic carbocycles. The summed E-state index contributed by atoms with van der Waals surface area (Å²) in [6.07, 6.45) is 0. The minimum Gasteiger partial charge on any atom is -0.311 e. The summed E-state index contributed by atoms with van der Waals surface area (Å²) >= 11 is 5.90. The molecule has 2 aromatic rings. The molecule has 1 aliphatic heterocycles. The molecule has 5 nitrogen and oxygen atoms in total. The van der Waals surface area contributed by atoms with Crippen molar-refractivity contribution in [3.63, 3.8) is 0 Å². The smallest absolute Gasteiger partial charge is 0.311 e. The van der Waals surface area contributed by atoms with E-state index in [4.69, 9.17) is 11.6 Å². The van der Waals surface area contributed by atoms with Crippen LogP contribution < -0.4 is 10.2 Å². The molecule has 0 bridgehead atoms. The van der Waals surface area contributed by atoms with Crippen LogP contribution in [0.1, 0.15) is 12.5 Å². The number of anilines is 2. The summed E-state index contributed by atoms with van der Waals surface area (Å²) in [5.74, 6) is -0.104. The van der Waals surface area contributed by atoms with Gasteiger partial charge in [0.05, 0.1) is 0 Å². The number of urea groups is 1. The average molecular weight is 358 g/mol. The minimum absolute atomic E-state index is 0.104. The van der Waals surface area contributed by atoms with Crippen LogP contribution in [0.2, 0.25) is 5.02 Å². The van der Waals surface area contributed by atoms with E-state index in [1.807, 2.05) is 43.3 Å². The van der Waals surface area contributed by atoms with Crippen LogP contribution >= 0.6 is 11.6 Å². The first-order valence-corrected chi connectivity index (χ1v) is 8.55. The van der Waals surface area contributed by atoms with Crippen molar-refractivity contribution in [2.75, 3.05) is 23.3 Å². The van der Waals surface area contributed by atoms with Gasteiger partial charge in [-0.2, -0.15) is 0 Å². The lowest BCUT2D eigenvalue weighted by Gasteiger charge is -2.39. The van der Waals surface area contributed by atoms with Crippen LogP contribution in [-0.4, -0.2) is 36.0 Å². The van der Waals surface area contributed by atoms with E-state index in [-0.39, 0.29) is 11.9 Å². The van der Waals surface area contributed by atoms with E-state index in [9.17, 15) is 9.59 Å². The number of piperazine rings is 1. The first-order valence-electron chi connectivity index (χ1n) is 8.17. The minimum atomic E-state index is -0.533.